The third kappa shape index (κ3) is 11.8. The lowest BCUT2D eigenvalue weighted by Crippen LogP contribution is -2.15. The van der Waals surface area contributed by atoms with Gasteiger partial charge in [0.1, 0.15) is 12.4 Å². The summed E-state index contributed by atoms with van der Waals surface area (Å²) >= 11 is 15.3. The maximum atomic E-state index is 11.3. The summed E-state index contributed by atoms with van der Waals surface area (Å²) in [6, 6.07) is 7.01. The van der Waals surface area contributed by atoms with Gasteiger partial charge in [-0.1, -0.05) is 46.9 Å². The molecule has 0 bridgehead atoms. The van der Waals surface area contributed by atoms with Crippen LogP contribution >= 0.6 is 34.8 Å². The predicted octanol–water partition coefficient (Wildman–Crippen LogP) is 2.57. The maximum absolute atomic E-state index is 11.3. The van der Waals surface area contributed by atoms with E-state index in [9.17, 15) is 14.4 Å². The molecule has 9 heteroatoms. The molecule has 0 saturated heterocycles. The number of hydrogen-bond acceptors (Lipinski definition) is 5. The number of benzene rings is 1. The molecule has 1 rings (SSSR count). The summed E-state index contributed by atoms with van der Waals surface area (Å²) < 4.78 is 4.99. The van der Waals surface area contributed by atoms with Crippen molar-refractivity contribution in [1.29, 1.82) is 0 Å². The number of nitrogens with two attached hydrogens (primary N) is 1. The zero-order chi connectivity index (χ0) is 17.8. The average molecular weight is 385 g/mol. The molecular weight excluding hydrogens is 369 g/mol. The van der Waals surface area contributed by atoms with E-state index < -0.39 is 16.8 Å². The van der Waals surface area contributed by atoms with E-state index in [0.717, 1.165) is 5.56 Å². The smallest absolute Gasteiger partial charge is 0.337 e. The van der Waals surface area contributed by atoms with Crippen LogP contribution in [0.25, 0.3) is 0 Å². The van der Waals surface area contributed by atoms with E-state index in [4.69, 9.17) is 50.4 Å². The minimum Gasteiger partial charge on any atom is -0.479 e. The molecule has 0 unspecified atom stereocenters. The van der Waals surface area contributed by atoms with E-state index in [1.807, 2.05) is 0 Å². The van der Waals surface area contributed by atoms with E-state index >= 15 is 0 Å². The largest absolute Gasteiger partial charge is 0.479 e. The fourth-order valence-electron chi connectivity index (χ4n) is 1.16. The first-order chi connectivity index (χ1) is 10.8. The van der Waals surface area contributed by atoms with Gasteiger partial charge in [-0.3, -0.25) is 9.59 Å². The fourth-order valence-corrected chi connectivity index (χ4v) is 1.29. The number of carboxylic acid groups (broad SMARTS) is 1. The molecule has 1 aromatic carbocycles. The van der Waals surface area contributed by atoms with E-state index in [2.05, 4.69) is 0 Å². The Bertz CT molecular complexity index is 520. The van der Waals surface area contributed by atoms with Crippen LogP contribution in [0, 0.1) is 0 Å². The van der Waals surface area contributed by atoms with Gasteiger partial charge in [0.25, 0.3) is 0 Å². The number of ether oxygens (including phenoxy) is 1. The van der Waals surface area contributed by atoms with Crippen LogP contribution in [-0.2, 0) is 25.7 Å². The molecule has 0 atom stereocenters. The number of hydrogen-bond donors (Lipinski definition) is 2. The number of carbonyl (C=O) groups excluding carboxylic acids is 2. The van der Waals surface area contributed by atoms with Crippen LogP contribution in [0.4, 0.5) is 0 Å². The van der Waals surface area contributed by atoms with Crippen molar-refractivity contribution < 1.29 is 24.2 Å². The molecular formula is C14H16Cl3NO5. The molecule has 128 valence electrons. The lowest BCUT2D eigenvalue weighted by atomic mass is 10.2. The highest BCUT2D eigenvalue weighted by atomic mass is 35.5. The quantitative estimate of drug-likeness (QED) is 0.553. The summed E-state index contributed by atoms with van der Waals surface area (Å²) in [4.78, 5) is 30.3. The maximum Gasteiger partial charge on any atom is 0.337 e. The number of carboxylic acids is 1. The van der Waals surface area contributed by atoms with Gasteiger partial charge in [0.15, 0.2) is 0 Å². The molecule has 23 heavy (non-hydrogen) atoms. The lowest BCUT2D eigenvalue weighted by Gasteiger charge is -2.04. The molecule has 0 heterocycles. The number of ketones is 1. The molecule has 3 N–H and O–H groups in total. The highest BCUT2D eigenvalue weighted by Crippen LogP contribution is 2.10. The molecule has 0 saturated carbocycles. The summed E-state index contributed by atoms with van der Waals surface area (Å²) in [5.74, 6) is -1.76. The Hall–Kier alpha value is -1.34. The van der Waals surface area contributed by atoms with Gasteiger partial charge in [0.2, 0.25) is 4.84 Å². The summed E-state index contributed by atoms with van der Waals surface area (Å²) in [5.41, 5.74) is 5.98. The van der Waals surface area contributed by atoms with Gasteiger partial charge in [-0.25, -0.2) is 4.79 Å². The molecule has 6 nitrogen and oxygen atoms in total. The van der Waals surface area contributed by atoms with Crippen LogP contribution in [-0.4, -0.2) is 34.2 Å². The SMILES string of the molecule is NCC(=O)CCC(=O)OCc1ccc(Cl)cc1.O=C(O)C(Cl)Cl. The van der Waals surface area contributed by atoms with Crippen LogP contribution < -0.4 is 5.73 Å². The first-order valence-electron chi connectivity index (χ1n) is 6.39. The Morgan fingerprint density at radius 3 is 2.09 bits per heavy atom. The van der Waals surface area contributed by atoms with Gasteiger partial charge in [-0.15, -0.1) is 0 Å². The van der Waals surface area contributed by atoms with Crippen molar-refractivity contribution in [3.8, 4) is 0 Å². The van der Waals surface area contributed by atoms with Gasteiger partial charge < -0.3 is 15.6 Å². The van der Waals surface area contributed by atoms with Crippen LogP contribution in [0.15, 0.2) is 24.3 Å². The normalized spacial score (nSPS) is 9.78. The van der Waals surface area contributed by atoms with Crippen molar-refractivity contribution >= 4 is 52.5 Å². The van der Waals surface area contributed by atoms with E-state index in [-0.39, 0.29) is 31.8 Å². The molecule has 0 radical (unpaired) electrons. The Morgan fingerprint density at radius 1 is 1.13 bits per heavy atom. The fraction of sp³-hybridized carbons (Fsp3) is 0.357. The number of aliphatic carboxylic acids is 1. The van der Waals surface area contributed by atoms with Crippen molar-refractivity contribution in [3.63, 3.8) is 0 Å². The third-order valence-corrected chi connectivity index (χ3v) is 2.96. The van der Waals surface area contributed by atoms with E-state index in [1.165, 1.54) is 0 Å². The topological polar surface area (TPSA) is 107 Å². The van der Waals surface area contributed by atoms with Crippen LogP contribution in [0.2, 0.25) is 5.02 Å². The highest BCUT2D eigenvalue weighted by molar-refractivity contribution is 6.52. The first-order valence-corrected chi connectivity index (χ1v) is 7.64. The Balaban J connectivity index is 0.000000688. The van der Waals surface area contributed by atoms with Crippen molar-refractivity contribution in [2.24, 2.45) is 5.73 Å². The average Bonchev–Trinajstić information content (AvgIpc) is 2.52. The van der Waals surface area contributed by atoms with Crippen molar-refractivity contribution in [2.75, 3.05) is 6.54 Å². The number of carbonyl (C=O) groups is 3. The number of alkyl halides is 2. The van der Waals surface area contributed by atoms with Gasteiger partial charge in [0, 0.05) is 11.4 Å². The standard InChI is InChI=1S/C12H14ClNO3.C2H2Cl2O2/c13-10-3-1-9(2-4-10)8-17-12(16)6-5-11(15)7-14;3-1(4)2(5)6/h1-4H,5-8,14H2;1H,(H,5,6). The Morgan fingerprint density at radius 2 is 1.65 bits per heavy atom. The minimum absolute atomic E-state index is 0.0372. The van der Waals surface area contributed by atoms with Gasteiger partial charge in [-0.2, -0.15) is 0 Å². The van der Waals surface area contributed by atoms with Gasteiger partial charge >= 0.3 is 11.9 Å². The predicted molar refractivity (Wildman–Crippen MR) is 87.7 cm³/mol. The number of rotatable bonds is 7. The molecule has 0 aromatic heterocycles. The van der Waals surface area contributed by atoms with E-state index in [1.54, 1.807) is 24.3 Å². The van der Waals surface area contributed by atoms with E-state index in [0.29, 0.717) is 5.02 Å². The zero-order valence-electron chi connectivity index (χ0n) is 12.0. The van der Waals surface area contributed by atoms with Crippen molar-refractivity contribution in [1.82, 2.24) is 0 Å². The number of esters is 1. The zero-order valence-corrected chi connectivity index (χ0v) is 14.3. The summed E-state index contributed by atoms with van der Waals surface area (Å²) in [5, 5.41) is 8.36. The van der Waals surface area contributed by atoms with Crippen LogP contribution in [0.5, 0.6) is 0 Å². The molecule has 0 aliphatic heterocycles. The Labute approximate surface area is 148 Å². The Kier molecular flexibility index (Phi) is 11.4. The molecule has 0 aliphatic carbocycles. The third-order valence-electron chi connectivity index (χ3n) is 2.34. The monoisotopic (exact) mass is 383 g/mol. The molecule has 1 aromatic rings. The minimum atomic E-state index is -1.29. The van der Waals surface area contributed by atoms with Gasteiger partial charge in [-0.05, 0) is 17.7 Å². The summed E-state index contributed by atoms with van der Waals surface area (Å²) in [7, 11) is 0. The summed E-state index contributed by atoms with van der Waals surface area (Å²) in [6.45, 7) is 0.150. The lowest BCUT2D eigenvalue weighted by molar-refractivity contribution is -0.146. The molecule has 0 spiro atoms. The van der Waals surface area contributed by atoms with Crippen molar-refractivity contribution in [2.45, 2.75) is 24.3 Å². The second-order valence-corrected chi connectivity index (χ2v) is 5.70. The van der Waals surface area contributed by atoms with Crippen LogP contribution in [0.3, 0.4) is 0 Å². The van der Waals surface area contributed by atoms with Crippen molar-refractivity contribution in [3.05, 3.63) is 34.9 Å². The second kappa shape index (κ2) is 12.1. The highest BCUT2D eigenvalue weighted by Gasteiger charge is 2.07. The summed E-state index contributed by atoms with van der Waals surface area (Å²) in [6.07, 6.45) is 0.208. The van der Waals surface area contributed by atoms with Crippen LogP contribution in [0.1, 0.15) is 18.4 Å². The molecule has 0 aliphatic rings. The number of Topliss-reactive ketones (excluding diaryl/α,β-unsaturated/α-hetero) is 1. The second-order valence-electron chi connectivity index (χ2n) is 4.17. The van der Waals surface area contributed by atoms with Gasteiger partial charge in [0.05, 0.1) is 13.0 Å². The first kappa shape index (κ1) is 21.7. The molecule has 0 fully saturated rings. The molecule has 0 amide bonds. The number of halogens is 3.